The van der Waals surface area contributed by atoms with E-state index in [-0.39, 0.29) is 0 Å². The van der Waals surface area contributed by atoms with Crippen LogP contribution in [0, 0.1) is 0 Å². The molecule has 0 aromatic rings. The first-order chi connectivity index (χ1) is 9.33. The van der Waals surface area contributed by atoms with Crippen LogP contribution in [0.3, 0.4) is 0 Å². The van der Waals surface area contributed by atoms with Crippen LogP contribution in [0.15, 0.2) is 0 Å². The average molecular weight is 265 g/mol. The first-order valence-electron chi connectivity index (χ1n) is 8.54. The van der Waals surface area contributed by atoms with Gasteiger partial charge in [0.15, 0.2) is 0 Å². The summed E-state index contributed by atoms with van der Waals surface area (Å²) in [6, 6.07) is 2.45. The highest BCUT2D eigenvalue weighted by molar-refractivity contribution is 4.87. The topological polar surface area (TPSA) is 18.5 Å². The molecule has 3 heterocycles. The zero-order valence-corrected chi connectivity index (χ0v) is 12.6. The Balaban J connectivity index is 1.44. The third-order valence-electron chi connectivity index (χ3n) is 5.56. The lowest BCUT2D eigenvalue weighted by atomic mass is 9.95. The van der Waals surface area contributed by atoms with Gasteiger partial charge in [0, 0.05) is 24.7 Å². The van der Waals surface area contributed by atoms with Gasteiger partial charge in [0.1, 0.15) is 0 Å². The van der Waals surface area contributed by atoms with Gasteiger partial charge in [-0.2, -0.15) is 0 Å². The fraction of sp³-hybridized carbons (Fsp3) is 1.00. The Morgan fingerprint density at radius 3 is 2.05 bits per heavy atom. The fourth-order valence-electron chi connectivity index (χ4n) is 4.20. The fourth-order valence-corrected chi connectivity index (χ4v) is 4.20. The van der Waals surface area contributed by atoms with E-state index in [1.807, 2.05) is 0 Å². The van der Waals surface area contributed by atoms with Crippen LogP contribution in [-0.2, 0) is 0 Å². The zero-order valence-electron chi connectivity index (χ0n) is 12.6. The summed E-state index contributed by atoms with van der Waals surface area (Å²) in [5, 5.41) is 3.65. The highest BCUT2D eigenvalue weighted by Gasteiger charge is 2.30. The minimum atomic E-state index is 0.738. The second-order valence-corrected chi connectivity index (χ2v) is 6.90. The normalized spacial score (nSPS) is 36.5. The van der Waals surface area contributed by atoms with Gasteiger partial charge in [0.25, 0.3) is 0 Å². The molecule has 2 atom stereocenters. The van der Waals surface area contributed by atoms with Crippen LogP contribution in [0.5, 0.6) is 0 Å². The number of piperidine rings is 3. The Morgan fingerprint density at radius 2 is 1.42 bits per heavy atom. The summed E-state index contributed by atoms with van der Waals surface area (Å²) < 4.78 is 0. The van der Waals surface area contributed by atoms with E-state index >= 15 is 0 Å². The van der Waals surface area contributed by atoms with E-state index < -0.39 is 0 Å². The van der Waals surface area contributed by atoms with Crippen LogP contribution in [0.1, 0.15) is 51.9 Å². The van der Waals surface area contributed by atoms with Crippen molar-refractivity contribution in [1.29, 1.82) is 0 Å². The minimum Gasteiger partial charge on any atom is -0.313 e. The first kappa shape index (κ1) is 13.8. The maximum absolute atomic E-state index is 3.65. The molecule has 0 radical (unpaired) electrons. The summed E-state index contributed by atoms with van der Waals surface area (Å²) in [7, 11) is 0. The van der Waals surface area contributed by atoms with E-state index in [1.165, 1.54) is 77.7 Å². The van der Waals surface area contributed by atoms with Gasteiger partial charge < -0.3 is 10.2 Å². The van der Waals surface area contributed by atoms with E-state index in [4.69, 9.17) is 0 Å². The summed E-state index contributed by atoms with van der Waals surface area (Å²) in [5.74, 6) is 0. The number of hydrogen-bond donors (Lipinski definition) is 1. The second kappa shape index (κ2) is 6.55. The van der Waals surface area contributed by atoms with Crippen molar-refractivity contribution in [1.82, 2.24) is 15.1 Å². The molecule has 110 valence electrons. The molecule has 3 fully saturated rings. The van der Waals surface area contributed by atoms with E-state index in [0.29, 0.717) is 0 Å². The van der Waals surface area contributed by atoms with Crippen LogP contribution in [0.4, 0.5) is 0 Å². The molecule has 3 aliphatic heterocycles. The lowest BCUT2D eigenvalue weighted by Gasteiger charge is -2.44. The van der Waals surface area contributed by atoms with Gasteiger partial charge in [-0.25, -0.2) is 0 Å². The third kappa shape index (κ3) is 3.50. The lowest BCUT2D eigenvalue weighted by Crippen LogP contribution is -2.54. The van der Waals surface area contributed by atoms with Gasteiger partial charge >= 0.3 is 0 Å². The number of nitrogens with one attached hydrogen (secondary N) is 1. The van der Waals surface area contributed by atoms with E-state index in [2.05, 4.69) is 22.0 Å². The maximum Gasteiger partial charge on any atom is 0.0221 e. The van der Waals surface area contributed by atoms with Gasteiger partial charge in [-0.15, -0.1) is 0 Å². The molecular formula is C16H31N3. The van der Waals surface area contributed by atoms with Crippen molar-refractivity contribution in [2.24, 2.45) is 0 Å². The summed E-state index contributed by atoms with van der Waals surface area (Å²) in [6.07, 6.45) is 9.91. The molecule has 0 aromatic carbocycles. The van der Waals surface area contributed by atoms with Crippen molar-refractivity contribution < 1.29 is 0 Å². The Morgan fingerprint density at radius 1 is 0.737 bits per heavy atom. The Labute approximate surface area is 118 Å². The third-order valence-corrected chi connectivity index (χ3v) is 5.56. The van der Waals surface area contributed by atoms with E-state index in [1.54, 1.807) is 0 Å². The van der Waals surface area contributed by atoms with Crippen LogP contribution >= 0.6 is 0 Å². The molecule has 3 heteroatoms. The predicted molar refractivity (Wildman–Crippen MR) is 80.5 cm³/mol. The molecule has 0 saturated carbocycles. The smallest absolute Gasteiger partial charge is 0.0221 e. The Hall–Kier alpha value is -0.120. The molecule has 19 heavy (non-hydrogen) atoms. The molecule has 3 rings (SSSR count). The number of hydrogen-bond acceptors (Lipinski definition) is 3. The van der Waals surface area contributed by atoms with Crippen molar-refractivity contribution in [2.45, 2.75) is 70.0 Å². The van der Waals surface area contributed by atoms with Crippen LogP contribution in [-0.4, -0.2) is 60.6 Å². The van der Waals surface area contributed by atoms with E-state index in [9.17, 15) is 0 Å². The highest BCUT2D eigenvalue weighted by Crippen LogP contribution is 2.24. The van der Waals surface area contributed by atoms with Gasteiger partial charge in [0.2, 0.25) is 0 Å². The second-order valence-electron chi connectivity index (χ2n) is 6.90. The largest absolute Gasteiger partial charge is 0.313 e. The lowest BCUT2D eigenvalue weighted by molar-refractivity contribution is 0.0623. The molecule has 3 aliphatic rings. The van der Waals surface area contributed by atoms with E-state index in [0.717, 1.165) is 18.1 Å². The maximum atomic E-state index is 3.65. The summed E-state index contributed by atoms with van der Waals surface area (Å²) in [6.45, 7) is 8.94. The quantitative estimate of drug-likeness (QED) is 0.825. The molecule has 0 bridgehead atoms. The summed E-state index contributed by atoms with van der Waals surface area (Å²) >= 11 is 0. The number of rotatable bonds is 2. The zero-order chi connectivity index (χ0) is 13.1. The molecule has 3 nitrogen and oxygen atoms in total. The minimum absolute atomic E-state index is 0.738. The van der Waals surface area contributed by atoms with Gasteiger partial charge in [-0.3, -0.25) is 4.90 Å². The highest BCUT2D eigenvalue weighted by atomic mass is 15.2. The average Bonchev–Trinajstić information content (AvgIpc) is 2.49. The summed E-state index contributed by atoms with van der Waals surface area (Å²) in [4.78, 5) is 5.54. The first-order valence-corrected chi connectivity index (χ1v) is 8.54. The van der Waals surface area contributed by atoms with Crippen molar-refractivity contribution in [3.05, 3.63) is 0 Å². The molecule has 0 aliphatic carbocycles. The predicted octanol–water partition coefficient (Wildman–Crippen LogP) is 2.08. The summed E-state index contributed by atoms with van der Waals surface area (Å²) in [5.41, 5.74) is 0. The van der Waals surface area contributed by atoms with Crippen LogP contribution in [0.25, 0.3) is 0 Å². The monoisotopic (exact) mass is 265 g/mol. The SMILES string of the molecule is CC1CCC(N2CCC(N3CCCCC3)CC2)CN1. The van der Waals surface area contributed by atoms with Gasteiger partial charge in [-0.1, -0.05) is 6.42 Å². The van der Waals surface area contributed by atoms with Gasteiger partial charge in [-0.05, 0) is 71.6 Å². The molecule has 3 saturated heterocycles. The van der Waals surface area contributed by atoms with Crippen molar-refractivity contribution in [2.75, 3.05) is 32.7 Å². The molecule has 2 unspecified atom stereocenters. The Kier molecular flexibility index (Phi) is 4.78. The molecule has 0 amide bonds. The van der Waals surface area contributed by atoms with Crippen molar-refractivity contribution >= 4 is 0 Å². The van der Waals surface area contributed by atoms with Crippen molar-refractivity contribution in [3.8, 4) is 0 Å². The van der Waals surface area contributed by atoms with Crippen LogP contribution < -0.4 is 5.32 Å². The number of nitrogens with zero attached hydrogens (tertiary/aromatic N) is 2. The Bertz CT molecular complexity index is 259. The number of likely N-dealkylation sites (tertiary alicyclic amines) is 2. The van der Waals surface area contributed by atoms with Gasteiger partial charge in [0.05, 0.1) is 0 Å². The van der Waals surface area contributed by atoms with Crippen LogP contribution in [0.2, 0.25) is 0 Å². The molecular weight excluding hydrogens is 234 g/mol. The standard InChI is InChI=1S/C16H31N3/c1-14-5-6-16(13-17-14)19-11-7-15(8-12-19)18-9-3-2-4-10-18/h14-17H,2-13H2,1H3. The van der Waals surface area contributed by atoms with Crippen molar-refractivity contribution in [3.63, 3.8) is 0 Å². The molecule has 0 spiro atoms. The molecule has 1 N–H and O–H groups in total. The molecule has 0 aromatic heterocycles.